The molecule has 1 aromatic carbocycles. The Labute approximate surface area is 163 Å². The van der Waals surface area contributed by atoms with Crippen LogP contribution >= 0.6 is 0 Å². The van der Waals surface area contributed by atoms with E-state index in [4.69, 9.17) is 14.2 Å². The van der Waals surface area contributed by atoms with E-state index in [9.17, 15) is 9.59 Å². The molecule has 5 nitrogen and oxygen atoms in total. The summed E-state index contributed by atoms with van der Waals surface area (Å²) < 4.78 is 15.7. The van der Waals surface area contributed by atoms with E-state index in [1.807, 2.05) is 24.3 Å². The molecule has 0 atom stereocenters. The number of methoxy groups -OCH3 is 1. The smallest absolute Gasteiger partial charge is 0.306 e. The molecule has 27 heavy (non-hydrogen) atoms. The van der Waals surface area contributed by atoms with Crippen LogP contribution in [-0.4, -0.2) is 25.7 Å². The molecule has 0 aliphatic carbocycles. The number of ether oxygens (including phenoxy) is 3. The molecule has 0 N–H and O–H groups in total. The lowest BCUT2D eigenvalue weighted by molar-refractivity contribution is -0.146. The molecule has 5 heteroatoms. The number of carbonyl (C=O) groups is 2. The molecule has 0 aromatic heterocycles. The van der Waals surface area contributed by atoms with Gasteiger partial charge in [0.1, 0.15) is 12.4 Å². The molecule has 152 valence electrons. The normalized spacial score (nSPS) is 10.4. The molecule has 0 saturated carbocycles. The molecule has 0 amide bonds. The summed E-state index contributed by atoms with van der Waals surface area (Å²) in [6.45, 7) is 2.86. The van der Waals surface area contributed by atoms with Gasteiger partial charge in [-0.2, -0.15) is 0 Å². The molecule has 0 fully saturated rings. The van der Waals surface area contributed by atoms with Crippen molar-refractivity contribution in [1.82, 2.24) is 0 Å². The largest absolute Gasteiger partial charge is 0.496 e. The standard InChI is InChI=1S/C22H34O5/c1-3-4-5-6-7-8-11-17-26-21(23)15-12-16-22(24)27-18-19-13-9-10-14-20(19)25-2/h9-10,13-14H,3-8,11-12,15-18H2,1-2H3. The highest BCUT2D eigenvalue weighted by Gasteiger charge is 2.09. The number of unbranched alkanes of at least 4 members (excludes halogenated alkanes) is 6. The Morgan fingerprint density at radius 1 is 0.815 bits per heavy atom. The first-order valence-electron chi connectivity index (χ1n) is 10.1. The highest BCUT2D eigenvalue weighted by Crippen LogP contribution is 2.18. The van der Waals surface area contributed by atoms with Gasteiger partial charge in [-0.15, -0.1) is 0 Å². The van der Waals surface area contributed by atoms with Gasteiger partial charge < -0.3 is 14.2 Å². The molecule has 0 aliphatic heterocycles. The first-order valence-corrected chi connectivity index (χ1v) is 10.1. The maximum Gasteiger partial charge on any atom is 0.306 e. The Balaban J connectivity index is 2.02. The lowest BCUT2D eigenvalue weighted by Crippen LogP contribution is -2.09. The van der Waals surface area contributed by atoms with Crippen LogP contribution in [0.1, 0.15) is 76.7 Å². The van der Waals surface area contributed by atoms with Gasteiger partial charge in [0.05, 0.1) is 13.7 Å². The summed E-state index contributed by atoms with van der Waals surface area (Å²) in [5.74, 6) is 0.138. The van der Waals surface area contributed by atoms with Crippen molar-refractivity contribution in [3.05, 3.63) is 29.8 Å². The Bertz CT molecular complexity index is 541. The third-order valence-corrected chi connectivity index (χ3v) is 4.35. The first-order chi connectivity index (χ1) is 13.2. The van der Waals surface area contributed by atoms with Crippen LogP contribution in [0.15, 0.2) is 24.3 Å². The van der Waals surface area contributed by atoms with Gasteiger partial charge in [0.2, 0.25) is 0 Å². The van der Waals surface area contributed by atoms with Crippen molar-refractivity contribution in [1.29, 1.82) is 0 Å². The molecule has 0 spiro atoms. The fourth-order valence-corrected chi connectivity index (χ4v) is 2.75. The first kappa shape index (κ1) is 23.0. The van der Waals surface area contributed by atoms with Crippen LogP contribution in [0.3, 0.4) is 0 Å². The summed E-state index contributed by atoms with van der Waals surface area (Å²) in [7, 11) is 1.58. The van der Waals surface area contributed by atoms with Gasteiger partial charge >= 0.3 is 11.9 Å². The van der Waals surface area contributed by atoms with Crippen LogP contribution < -0.4 is 4.74 Å². The zero-order chi connectivity index (χ0) is 19.7. The van der Waals surface area contributed by atoms with E-state index >= 15 is 0 Å². The Morgan fingerprint density at radius 3 is 2.15 bits per heavy atom. The third-order valence-electron chi connectivity index (χ3n) is 4.35. The van der Waals surface area contributed by atoms with Gasteiger partial charge in [-0.05, 0) is 18.9 Å². The van der Waals surface area contributed by atoms with E-state index in [0.717, 1.165) is 18.4 Å². The van der Waals surface area contributed by atoms with E-state index in [2.05, 4.69) is 6.92 Å². The molecule has 0 bridgehead atoms. The minimum Gasteiger partial charge on any atom is -0.496 e. The monoisotopic (exact) mass is 378 g/mol. The van der Waals surface area contributed by atoms with Crippen LogP contribution in [-0.2, 0) is 25.7 Å². The summed E-state index contributed by atoms with van der Waals surface area (Å²) in [5.41, 5.74) is 0.822. The SMILES string of the molecule is CCCCCCCCCOC(=O)CCCC(=O)OCc1ccccc1OC. The van der Waals surface area contributed by atoms with Crippen molar-refractivity contribution in [2.75, 3.05) is 13.7 Å². The fourth-order valence-electron chi connectivity index (χ4n) is 2.75. The van der Waals surface area contributed by atoms with Crippen molar-refractivity contribution in [3.8, 4) is 5.75 Å². The number of rotatable bonds is 15. The third kappa shape index (κ3) is 11.3. The molecule has 0 unspecified atom stereocenters. The molecule has 1 aromatic rings. The topological polar surface area (TPSA) is 61.8 Å². The summed E-state index contributed by atoms with van der Waals surface area (Å²) in [4.78, 5) is 23.5. The van der Waals surface area contributed by atoms with Crippen LogP contribution in [0.5, 0.6) is 5.75 Å². The molecule has 0 aliphatic rings. The number of benzene rings is 1. The van der Waals surface area contributed by atoms with E-state index in [-0.39, 0.29) is 31.4 Å². The van der Waals surface area contributed by atoms with Crippen molar-refractivity contribution in [3.63, 3.8) is 0 Å². The zero-order valence-electron chi connectivity index (χ0n) is 16.8. The van der Waals surface area contributed by atoms with Crippen molar-refractivity contribution in [2.45, 2.75) is 77.7 Å². The molecule has 0 saturated heterocycles. The minimum atomic E-state index is -0.319. The minimum absolute atomic E-state index is 0.172. The Hall–Kier alpha value is -2.04. The van der Waals surface area contributed by atoms with Gasteiger partial charge in [0.15, 0.2) is 0 Å². The number of hydrogen-bond acceptors (Lipinski definition) is 5. The van der Waals surface area contributed by atoms with Gasteiger partial charge in [-0.3, -0.25) is 9.59 Å². The second-order valence-electron chi connectivity index (χ2n) is 6.67. The second kappa shape index (κ2) is 15.1. The Morgan fingerprint density at radius 2 is 1.44 bits per heavy atom. The van der Waals surface area contributed by atoms with E-state index in [0.29, 0.717) is 18.8 Å². The molecular weight excluding hydrogens is 344 g/mol. The van der Waals surface area contributed by atoms with E-state index < -0.39 is 0 Å². The van der Waals surface area contributed by atoms with Crippen molar-refractivity contribution >= 4 is 11.9 Å². The summed E-state index contributed by atoms with van der Waals surface area (Å²) >= 11 is 0. The highest BCUT2D eigenvalue weighted by molar-refractivity contribution is 5.72. The number of carbonyl (C=O) groups excluding carboxylic acids is 2. The number of para-hydroxylation sites is 1. The lowest BCUT2D eigenvalue weighted by atomic mass is 10.1. The second-order valence-corrected chi connectivity index (χ2v) is 6.67. The van der Waals surface area contributed by atoms with Gasteiger partial charge in [-0.25, -0.2) is 0 Å². The van der Waals surface area contributed by atoms with Crippen LogP contribution in [0, 0.1) is 0 Å². The summed E-state index contributed by atoms with van der Waals surface area (Å²) in [6, 6.07) is 7.41. The average Bonchev–Trinajstić information content (AvgIpc) is 2.68. The predicted molar refractivity (Wildman–Crippen MR) is 106 cm³/mol. The average molecular weight is 379 g/mol. The van der Waals surface area contributed by atoms with Gasteiger partial charge in [-0.1, -0.05) is 63.6 Å². The number of esters is 2. The van der Waals surface area contributed by atoms with Crippen LogP contribution in [0.4, 0.5) is 0 Å². The van der Waals surface area contributed by atoms with E-state index in [1.54, 1.807) is 7.11 Å². The van der Waals surface area contributed by atoms with Crippen LogP contribution in [0.2, 0.25) is 0 Å². The maximum absolute atomic E-state index is 11.8. The summed E-state index contributed by atoms with van der Waals surface area (Å²) in [5, 5.41) is 0. The Kier molecular flexibility index (Phi) is 12.8. The van der Waals surface area contributed by atoms with E-state index in [1.165, 1.54) is 32.1 Å². The zero-order valence-corrected chi connectivity index (χ0v) is 16.8. The number of hydrogen-bond donors (Lipinski definition) is 0. The quantitative estimate of drug-likeness (QED) is 0.310. The van der Waals surface area contributed by atoms with Crippen LogP contribution in [0.25, 0.3) is 0 Å². The molecule has 0 heterocycles. The lowest BCUT2D eigenvalue weighted by Gasteiger charge is -2.09. The molecule has 0 radical (unpaired) electrons. The van der Waals surface area contributed by atoms with Crippen molar-refractivity contribution in [2.24, 2.45) is 0 Å². The molecular formula is C22H34O5. The van der Waals surface area contributed by atoms with Gasteiger partial charge in [0.25, 0.3) is 0 Å². The fraction of sp³-hybridized carbons (Fsp3) is 0.636. The van der Waals surface area contributed by atoms with Crippen molar-refractivity contribution < 1.29 is 23.8 Å². The summed E-state index contributed by atoms with van der Waals surface area (Å²) in [6.07, 6.45) is 9.24. The predicted octanol–water partition coefficient (Wildman–Crippen LogP) is 5.20. The maximum atomic E-state index is 11.8. The highest BCUT2D eigenvalue weighted by atomic mass is 16.5. The van der Waals surface area contributed by atoms with Gasteiger partial charge in [0, 0.05) is 18.4 Å². The molecule has 1 rings (SSSR count).